The largest absolute Gasteiger partial charge is 0.374 e. The third kappa shape index (κ3) is 3.41. The third-order valence-electron chi connectivity index (χ3n) is 3.77. The summed E-state index contributed by atoms with van der Waals surface area (Å²) in [5.41, 5.74) is 9.42. The van der Waals surface area contributed by atoms with E-state index in [2.05, 4.69) is 15.3 Å². The van der Waals surface area contributed by atoms with Crippen LogP contribution in [0, 0.1) is 13.8 Å². The molecule has 0 aliphatic rings. The fourth-order valence-electron chi connectivity index (χ4n) is 2.41. The van der Waals surface area contributed by atoms with Crippen molar-refractivity contribution in [3.63, 3.8) is 0 Å². The predicted molar refractivity (Wildman–Crippen MR) is 103 cm³/mol. The Kier molecular flexibility index (Phi) is 4.58. The molecule has 3 N–H and O–H groups in total. The van der Waals surface area contributed by atoms with Crippen molar-refractivity contribution in [2.45, 2.75) is 13.8 Å². The molecular formula is C18H17N5OS. The Morgan fingerprint density at radius 2 is 1.84 bits per heavy atom. The average Bonchev–Trinajstić information content (AvgIpc) is 2.93. The second kappa shape index (κ2) is 6.82. The maximum atomic E-state index is 12.6. The van der Waals surface area contributed by atoms with Crippen molar-refractivity contribution >= 4 is 28.7 Å². The lowest BCUT2D eigenvalue weighted by atomic mass is 10.1. The van der Waals surface area contributed by atoms with Gasteiger partial charge in [-0.15, -0.1) is 5.11 Å². The highest BCUT2D eigenvalue weighted by Gasteiger charge is 2.17. The molecular weight excluding hydrogens is 334 g/mol. The maximum absolute atomic E-state index is 12.6. The van der Waals surface area contributed by atoms with Crippen LogP contribution in [0.4, 0.5) is 11.4 Å². The van der Waals surface area contributed by atoms with Gasteiger partial charge in [0.1, 0.15) is 0 Å². The van der Waals surface area contributed by atoms with Crippen LogP contribution >= 0.6 is 12.2 Å². The van der Waals surface area contributed by atoms with Crippen molar-refractivity contribution in [3.8, 4) is 11.3 Å². The normalized spacial score (nSPS) is 11.1. The minimum atomic E-state index is -0.430. The Morgan fingerprint density at radius 1 is 1.12 bits per heavy atom. The van der Waals surface area contributed by atoms with Gasteiger partial charge in [0.05, 0.1) is 11.4 Å². The molecule has 0 unspecified atom stereocenters. The Balaban J connectivity index is 2.15. The number of nitrogens with one attached hydrogen (secondary N) is 1. The molecule has 1 heterocycles. The molecule has 3 rings (SSSR count). The summed E-state index contributed by atoms with van der Waals surface area (Å²) in [5, 5.41) is 11.3. The summed E-state index contributed by atoms with van der Waals surface area (Å²) in [6.07, 6.45) is 0. The zero-order valence-electron chi connectivity index (χ0n) is 13.9. The summed E-state index contributed by atoms with van der Waals surface area (Å²) in [5.74, 6) is 0. The van der Waals surface area contributed by atoms with Crippen molar-refractivity contribution in [2.75, 3.05) is 0 Å². The molecule has 0 aliphatic carbocycles. The van der Waals surface area contributed by atoms with E-state index >= 15 is 0 Å². The van der Waals surface area contributed by atoms with Crippen LogP contribution in [0.3, 0.4) is 0 Å². The van der Waals surface area contributed by atoms with Gasteiger partial charge >= 0.3 is 5.56 Å². The highest BCUT2D eigenvalue weighted by atomic mass is 32.1. The van der Waals surface area contributed by atoms with Crippen LogP contribution in [0.15, 0.2) is 63.6 Å². The number of nitrogens with zero attached hydrogens (tertiary/aromatic N) is 3. The Morgan fingerprint density at radius 3 is 2.52 bits per heavy atom. The van der Waals surface area contributed by atoms with Crippen molar-refractivity contribution in [3.05, 3.63) is 70.0 Å². The molecule has 0 saturated heterocycles. The highest BCUT2D eigenvalue weighted by molar-refractivity contribution is 7.80. The number of aryl methyl sites for hydroxylation is 2. The van der Waals surface area contributed by atoms with Crippen LogP contribution in [0.1, 0.15) is 11.1 Å². The number of aromatic amines is 1. The lowest BCUT2D eigenvalue weighted by Gasteiger charge is -2.01. The monoisotopic (exact) mass is 351 g/mol. The first-order valence-corrected chi connectivity index (χ1v) is 8.07. The van der Waals surface area contributed by atoms with Crippen molar-refractivity contribution in [2.24, 2.45) is 16.0 Å². The fraction of sp³-hybridized carbons (Fsp3) is 0.111. The molecule has 1 aromatic heterocycles. The van der Waals surface area contributed by atoms with Crippen molar-refractivity contribution < 1.29 is 0 Å². The first kappa shape index (κ1) is 16.8. The van der Waals surface area contributed by atoms with E-state index in [1.165, 1.54) is 0 Å². The third-order valence-corrected chi connectivity index (χ3v) is 3.95. The molecule has 0 atom stereocenters. The first-order valence-electron chi connectivity index (χ1n) is 7.66. The van der Waals surface area contributed by atoms with E-state index in [4.69, 9.17) is 18.0 Å². The predicted octanol–water partition coefficient (Wildman–Crippen LogP) is 3.97. The van der Waals surface area contributed by atoms with E-state index in [0.29, 0.717) is 11.4 Å². The topological polar surface area (TPSA) is 88.5 Å². The van der Waals surface area contributed by atoms with Gasteiger partial charge in [-0.25, -0.2) is 0 Å². The molecule has 25 heavy (non-hydrogen) atoms. The number of nitrogens with two attached hydrogens (primary N) is 1. The molecule has 3 aromatic rings. The lowest BCUT2D eigenvalue weighted by Crippen LogP contribution is -2.29. The van der Waals surface area contributed by atoms with Gasteiger partial charge in [0, 0.05) is 5.56 Å². The summed E-state index contributed by atoms with van der Waals surface area (Å²) >= 11 is 4.93. The molecule has 0 amide bonds. The second-order valence-electron chi connectivity index (χ2n) is 5.67. The molecule has 0 saturated carbocycles. The van der Waals surface area contributed by atoms with Gasteiger partial charge in [-0.05, 0) is 43.3 Å². The van der Waals surface area contributed by atoms with E-state index in [9.17, 15) is 4.79 Å². The first-order chi connectivity index (χ1) is 12.0. The second-order valence-corrected chi connectivity index (χ2v) is 6.09. The zero-order valence-corrected chi connectivity index (χ0v) is 14.7. The summed E-state index contributed by atoms with van der Waals surface area (Å²) < 4.78 is 1.09. The van der Waals surface area contributed by atoms with Gasteiger partial charge in [-0.2, -0.15) is 9.80 Å². The van der Waals surface area contributed by atoms with Crippen LogP contribution in [0.5, 0.6) is 0 Å². The summed E-state index contributed by atoms with van der Waals surface area (Å²) in [4.78, 5) is 12.6. The van der Waals surface area contributed by atoms with E-state index in [1.807, 2.05) is 62.4 Å². The average molecular weight is 351 g/mol. The molecule has 0 spiro atoms. The molecule has 0 aliphatic heterocycles. The lowest BCUT2D eigenvalue weighted by molar-refractivity contribution is 0.910. The van der Waals surface area contributed by atoms with Gasteiger partial charge in [0.15, 0.2) is 10.8 Å². The number of thiocarbonyl (C=S) groups is 1. The van der Waals surface area contributed by atoms with Gasteiger partial charge in [-0.3, -0.25) is 9.89 Å². The molecule has 0 radical (unpaired) electrons. The Bertz CT molecular complexity index is 1020. The van der Waals surface area contributed by atoms with Crippen LogP contribution in [-0.2, 0) is 0 Å². The number of azo groups is 1. The molecule has 7 heteroatoms. The number of hydrogen-bond donors (Lipinski definition) is 2. The van der Waals surface area contributed by atoms with Gasteiger partial charge in [0.25, 0.3) is 0 Å². The van der Waals surface area contributed by atoms with Crippen LogP contribution < -0.4 is 11.3 Å². The Hall–Kier alpha value is -3.06. The minimum absolute atomic E-state index is 0.0737. The number of rotatable bonds is 3. The number of aromatic nitrogens is 2. The van der Waals surface area contributed by atoms with Crippen molar-refractivity contribution in [1.82, 2.24) is 9.78 Å². The standard InChI is InChI=1S/C18H17N5OS/c1-11-8-9-12(2)14(10-11)20-21-16-15(13-6-4-3-5-7-13)22-23(17(16)24)18(19)25/h3-10,22H,1-2H3,(H2,19,25). The smallest absolute Gasteiger partial charge is 0.301 e. The zero-order chi connectivity index (χ0) is 18.0. The fourth-order valence-corrected chi connectivity index (χ4v) is 2.54. The molecule has 126 valence electrons. The summed E-state index contributed by atoms with van der Waals surface area (Å²) in [6.45, 7) is 3.92. The number of benzene rings is 2. The highest BCUT2D eigenvalue weighted by Crippen LogP contribution is 2.28. The van der Waals surface area contributed by atoms with Crippen molar-refractivity contribution in [1.29, 1.82) is 0 Å². The van der Waals surface area contributed by atoms with Gasteiger partial charge in [0.2, 0.25) is 0 Å². The van der Waals surface area contributed by atoms with Crippen LogP contribution in [-0.4, -0.2) is 14.9 Å². The SMILES string of the molecule is Cc1ccc(C)c(N=Nc2c(-c3ccccc3)[nH]n(C(N)=S)c2=O)c1. The molecule has 6 nitrogen and oxygen atoms in total. The molecule has 0 fully saturated rings. The van der Waals surface area contributed by atoms with E-state index in [0.717, 1.165) is 21.4 Å². The Labute approximate surface area is 150 Å². The van der Waals surface area contributed by atoms with E-state index in [1.54, 1.807) is 0 Å². The summed E-state index contributed by atoms with van der Waals surface area (Å²) in [7, 11) is 0. The molecule has 0 bridgehead atoms. The summed E-state index contributed by atoms with van der Waals surface area (Å²) in [6, 6.07) is 15.3. The quantitative estimate of drug-likeness (QED) is 0.553. The number of H-pyrrole nitrogens is 1. The number of hydrogen-bond acceptors (Lipinski definition) is 4. The van der Waals surface area contributed by atoms with Gasteiger partial charge < -0.3 is 5.73 Å². The van der Waals surface area contributed by atoms with E-state index in [-0.39, 0.29) is 10.8 Å². The van der Waals surface area contributed by atoms with Crippen LogP contribution in [0.2, 0.25) is 0 Å². The van der Waals surface area contributed by atoms with Crippen LogP contribution in [0.25, 0.3) is 11.3 Å². The maximum Gasteiger partial charge on any atom is 0.301 e. The van der Waals surface area contributed by atoms with E-state index < -0.39 is 5.56 Å². The minimum Gasteiger partial charge on any atom is -0.374 e. The molecule has 2 aromatic carbocycles. The van der Waals surface area contributed by atoms with Gasteiger partial charge in [-0.1, -0.05) is 42.5 Å².